The molecule has 0 saturated carbocycles. The second-order valence-electron chi connectivity index (χ2n) is 1.50. The Bertz CT molecular complexity index is 89.8. The van der Waals surface area contributed by atoms with Gasteiger partial charge in [0.2, 0.25) is 0 Å². The maximum Gasteiger partial charge on any atom is 0.291 e. The van der Waals surface area contributed by atoms with E-state index in [4.69, 9.17) is 0 Å². The fourth-order valence-electron chi connectivity index (χ4n) is 0.529. The Morgan fingerprint density at radius 1 is 1.38 bits per heavy atom. The first kappa shape index (κ1) is 6.90. The highest BCUT2D eigenvalue weighted by Crippen LogP contribution is 2.23. The van der Waals surface area contributed by atoms with Crippen molar-refractivity contribution in [3.8, 4) is 0 Å². The zero-order valence-electron chi connectivity index (χ0n) is 4.85. The predicted octanol–water partition coefficient (Wildman–Crippen LogP) is 1.66. The molecule has 0 amide bonds. The van der Waals surface area contributed by atoms with Crippen molar-refractivity contribution in [1.29, 1.82) is 0 Å². The monoisotopic (exact) mass is 165 g/mol. The highest BCUT2D eigenvalue weighted by molar-refractivity contribution is 8.47. The summed E-state index contributed by atoms with van der Waals surface area (Å²) in [6.45, 7) is 0. The standard InChI is InChI=1S/C5H9S3/c1-6-5-7-3-2-4-8-5/h2-4H2,1H3/q+1. The maximum atomic E-state index is 2.15. The van der Waals surface area contributed by atoms with Crippen molar-refractivity contribution in [1.82, 2.24) is 0 Å². The molecule has 0 aromatic heterocycles. The Hall–Kier alpha value is 0.790. The lowest BCUT2D eigenvalue weighted by atomic mass is 10.6. The fraction of sp³-hybridized carbons (Fsp3) is 0.800. The topological polar surface area (TPSA) is 0 Å². The molecule has 0 aliphatic carbocycles. The first-order chi connectivity index (χ1) is 3.93. The van der Waals surface area contributed by atoms with Crippen LogP contribution in [0.15, 0.2) is 0 Å². The van der Waals surface area contributed by atoms with Gasteiger partial charge < -0.3 is 0 Å². The van der Waals surface area contributed by atoms with Gasteiger partial charge in [0.1, 0.15) is 0 Å². The molecular weight excluding hydrogens is 156 g/mol. The third kappa shape index (κ3) is 1.96. The summed E-state index contributed by atoms with van der Waals surface area (Å²) < 4.78 is 1.55. The van der Waals surface area contributed by atoms with Gasteiger partial charge in [0, 0.05) is 11.5 Å². The van der Waals surface area contributed by atoms with Crippen molar-refractivity contribution in [3.05, 3.63) is 0 Å². The quantitative estimate of drug-likeness (QED) is 0.395. The van der Waals surface area contributed by atoms with E-state index in [-0.39, 0.29) is 0 Å². The molecule has 0 N–H and O–H groups in total. The Labute approximate surface area is 62.8 Å². The van der Waals surface area contributed by atoms with E-state index < -0.39 is 0 Å². The van der Waals surface area contributed by atoms with E-state index in [1.807, 2.05) is 34.9 Å². The van der Waals surface area contributed by atoms with E-state index in [0.29, 0.717) is 0 Å². The molecule has 1 aliphatic rings. The predicted molar refractivity (Wildman–Crippen MR) is 47.8 cm³/mol. The molecule has 1 aliphatic heterocycles. The van der Waals surface area contributed by atoms with E-state index >= 15 is 0 Å². The molecule has 1 fully saturated rings. The molecule has 0 aromatic carbocycles. The molecule has 0 nitrogen and oxygen atoms in total. The van der Waals surface area contributed by atoms with Crippen LogP contribution in [0, 0.1) is 0 Å². The third-order valence-corrected chi connectivity index (χ3v) is 5.10. The van der Waals surface area contributed by atoms with Crippen molar-refractivity contribution >= 4 is 38.4 Å². The molecule has 0 radical (unpaired) electrons. The summed E-state index contributed by atoms with van der Waals surface area (Å²) in [6.07, 6.45) is 3.54. The Balaban J connectivity index is 2.33. The summed E-state index contributed by atoms with van der Waals surface area (Å²) in [6, 6.07) is 0. The fourth-order valence-corrected chi connectivity index (χ4v) is 3.90. The van der Waals surface area contributed by atoms with E-state index in [9.17, 15) is 0 Å². The SMILES string of the molecule is C[S+]=C1SCCCS1. The van der Waals surface area contributed by atoms with E-state index in [1.54, 1.807) is 3.53 Å². The molecule has 0 spiro atoms. The average molecular weight is 165 g/mol. The minimum Gasteiger partial charge on any atom is -0.0578 e. The molecule has 0 bridgehead atoms. The van der Waals surface area contributed by atoms with Crippen LogP contribution in [0.4, 0.5) is 0 Å². The molecule has 46 valence electrons. The van der Waals surface area contributed by atoms with Crippen LogP contribution in [-0.2, 0) is 11.4 Å². The summed E-state index contributed by atoms with van der Waals surface area (Å²) in [5.41, 5.74) is 0. The van der Waals surface area contributed by atoms with Crippen molar-refractivity contribution in [3.63, 3.8) is 0 Å². The van der Waals surface area contributed by atoms with Crippen LogP contribution in [-0.4, -0.2) is 21.3 Å². The van der Waals surface area contributed by atoms with Gasteiger partial charge in [-0.1, -0.05) is 23.5 Å². The zero-order valence-corrected chi connectivity index (χ0v) is 7.30. The van der Waals surface area contributed by atoms with Crippen molar-refractivity contribution in [2.75, 3.05) is 17.8 Å². The molecule has 0 unspecified atom stereocenters. The van der Waals surface area contributed by atoms with Crippen LogP contribution in [0.1, 0.15) is 6.42 Å². The zero-order chi connectivity index (χ0) is 5.82. The van der Waals surface area contributed by atoms with Crippen LogP contribution >= 0.6 is 23.5 Å². The van der Waals surface area contributed by atoms with Crippen molar-refractivity contribution in [2.24, 2.45) is 0 Å². The molecule has 1 rings (SSSR count). The van der Waals surface area contributed by atoms with Crippen LogP contribution in [0.2, 0.25) is 0 Å². The average Bonchev–Trinajstić information content (AvgIpc) is 1.90. The van der Waals surface area contributed by atoms with E-state index in [0.717, 1.165) is 0 Å². The van der Waals surface area contributed by atoms with Gasteiger partial charge >= 0.3 is 0 Å². The van der Waals surface area contributed by atoms with Gasteiger partial charge in [-0.2, -0.15) is 0 Å². The molecule has 3 heteroatoms. The van der Waals surface area contributed by atoms with Gasteiger partial charge in [-0.25, -0.2) is 0 Å². The van der Waals surface area contributed by atoms with Crippen LogP contribution in [0.25, 0.3) is 0 Å². The number of hydrogen-bond acceptors (Lipinski definition) is 2. The minimum atomic E-state index is 1.34. The van der Waals surface area contributed by atoms with Gasteiger partial charge in [0.05, 0.1) is 0 Å². The van der Waals surface area contributed by atoms with Crippen molar-refractivity contribution < 1.29 is 0 Å². The number of thioether (sulfide) groups is 2. The normalized spacial score (nSPS) is 20.9. The van der Waals surface area contributed by atoms with Crippen LogP contribution in [0.5, 0.6) is 0 Å². The summed E-state index contributed by atoms with van der Waals surface area (Å²) in [4.78, 5) is 0. The first-order valence-corrected chi connectivity index (χ1v) is 5.79. The molecule has 0 aromatic rings. The molecule has 0 atom stereocenters. The number of rotatable bonds is 0. The Morgan fingerprint density at radius 3 is 2.38 bits per heavy atom. The highest BCUT2D eigenvalue weighted by Gasteiger charge is 2.13. The van der Waals surface area contributed by atoms with Gasteiger partial charge in [-0.15, -0.1) is 0 Å². The maximum absolute atomic E-state index is 2.15. The summed E-state index contributed by atoms with van der Waals surface area (Å²) >= 11 is 5.90. The molecule has 8 heavy (non-hydrogen) atoms. The van der Waals surface area contributed by atoms with Gasteiger partial charge in [-0.05, 0) is 6.42 Å². The lowest BCUT2D eigenvalue weighted by Crippen LogP contribution is -1.99. The summed E-state index contributed by atoms with van der Waals surface area (Å²) in [5.74, 6) is 2.67. The third-order valence-electron chi connectivity index (χ3n) is 0.895. The van der Waals surface area contributed by atoms with Crippen LogP contribution < -0.4 is 0 Å². The second-order valence-corrected chi connectivity index (χ2v) is 5.31. The van der Waals surface area contributed by atoms with E-state index in [2.05, 4.69) is 6.26 Å². The number of hydrogen-bond donors (Lipinski definition) is 0. The Morgan fingerprint density at radius 2 is 2.00 bits per heavy atom. The Kier molecular flexibility index (Phi) is 3.23. The second kappa shape index (κ2) is 3.75. The van der Waals surface area contributed by atoms with Gasteiger partial charge in [-0.3, -0.25) is 0 Å². The molecule has 1 heterocycles. The van der Waals surface area contributed by atoms with Gasteiger partial charge in [0.15, 0.2) is 17.6 Å². The highest BCUT2D eigenvalue weighted by atomic mass is 32.2. The lowest BCUT2D eigenvalue weighted by molar-refractivity contribution is 1.13. The lowest BCUT2D eigenvalue weighted by Gasteiger charge is -2.02. The van der Waals surface area contributed by atoms with Crippen molar-refractivity contribution in [2.45, 2.75) is 6.42 Å². The molecule has 1 saturated heterocycles. The van der Waals surface area contributed by atoms with E-state index in [1.165, 1.54) is 17.9 Å². The summed E-state index contributed by atoms with van der Waals surface area (Å²) in [5, 5.41) is 0. The molecular formula is C5H9S3+. The largest absolute Gasteiger partial charge is 0.291 e. The smallest absolute Gasteiger partial charge is 0.0578 e. The first-order valence-electron chi connectivity index (χ1n) is 2.60. The minimum absolute atomic E-state index is 1.34. The van der Waals surface area contributed by atoms with Gasteiger partial charge in [0.25, 0.3) is 3.53 Å². The summed E-state index contributed by atoms with van der Waals surface area (Å²) in [7, 11) is 0. The van der Waals surface area contributed by atoms with Crippen LogP contribution in [0.3, 0.4) is 0 Å².